The lowest BCUT2D eigenvalue weighted by molar-refractivity contribution is -0.0424. The highest BCUT2D eigenvalue weighted by molar-refractivity contribution is 6.42. The second kappa shape index (κ2) is 9.85. The number of allylic oxidation sites excluding steroid dienone is 1. The lowest BCUT2D eigenvalue weighted by atomic mass is 9.47. The van der Waals surface area contributed by atoms with Gasteiger partial charge in [0.05, 0.1) is 27.9 Å². The van der Waals surface area contributed by atoms with Crippen molar-refractivity contribution in [3.8, 4) is 0 Å². The van der Waals surface area contributed by atoms with E-state index in [9.17, 15) is 9.50 Å². The average Bonchev–Trinajstić information content (AvgIpc) is 3.52. The van der Waals surface area contributed by atoms with Crippen LogP contribution in [0, 0.1) is 40.3 Å². The highest BCUT2D eigenvalue weighted by atomic mass is 35.5. The molecule has 1 heterocycles. The first-order chi connectivity index (χ1) is 19.2. The molecule has 4 aliphatic carbocycles. The zero-order valence-corrected chi connectivity index (χ0v) is 24.9. The summed E-state index contributed by atoms with van der Waals surface area (Å²) in [5.41, 5.74) is 5.28. The minimum atomic E-state index is -0.244. The lowest BCUT2D eigenvalue weighted by Gasteiger charge is -2.58. The van der Waals surface area contributed by atoms with Gasteiger partial charge in [-0.15, -0.1) is 0 Å². The van der Waals surface area contributed by atoms with Crippen LogP contribution in [0.3, 0.4) is 0 Å². The van der Waals surface area contributed by atoms with Crippen molar-refractivity contribution in [1.29, 1.82) is 0 Å². The van der Waals surface area contributed by atoms with E-state index in [4.69, 9.17) is 28.3 Å². The molecule has 3 nitrogen and oxygen atoms in total. The van der Waals surface area contributed by atoms with Crippen molar-refractivity contribution >= 4 is 34.6 Å². The maximum atomic E-state index is 13.8. The predicted molar refractivity (Wildman–Crippen MR) is 161 cm³/mol. The van der Waals surface area contributed by atoms with E-state index in [1.807, 2.05) is 30.3 Å². The molecule has 1 unspecified atom stereocenters. The SMILES string of the molecule is C[C@]12CC[C@H]3[C@@H](CC=C4C[C@@H](O)CC[C@@]43C)[C@@H]1CC[C@@H]2C1=NN(c2ccc(F)cc2)C(c2ccc(Cl)c(Cl)c2)C1. The number of nitrogens with zero attached hydrogens (tertiary/aromatic N) is 2. The molecule has 0 amide bonds. The number of aliphatic hydroxyl groups excluding tert-OH is 1. The van der Waals surface area contributed by atoms with Gasteiger partial charge in [0, 0.05) is 18.1 Å². The number of hydrogen-bond acceptors (Lipinski definition) is 3. The van der Waals surface area contributed by atoms with Crippen LogP contribution < -0.4 is 5.01 Å². The zero-order valence-electron chi connectivity index (χ0n) is 23.4. The Morgan fingerprint density at radius 2 is 1.73 bits per heavy atom. The van der Waals surface area contributed by atoms with Crippen molar-refractivity contribution in [2.45, 2.75) is 83.8 Å². The first kappa shape index (κ1) is 27.0. The molecule has 0 bridgehead atoms. The van der Waals surface area contributed by atoms with Crippen LogP contribution in [-0.4, -0.2) is 16.9 Å². The van der Waals surface area contributed by atoms with Gasteiger partial charge in [0.25, 0.3) is 0 Å². The Labute approximate surface area is 247 Å². The number of rotatable bonds is 3. The fourth-order valence-electron chi connectivity index (χ4n) is 9.74. The van der Waals surface area contributed by atoms with E-state index in [2.05, 4.69) is 24.9 Å². The summed E-state index contributed by atoms with van der Waals surface area (Å²) in [6.45, 7) is 5.05. The molecule has 5 aliphatic rings. The van der Waals surface area contributed by atoms with E-state index in [0.717, 1.165) is 49.3 Å². The molecule has 2 aromatic carbocycles. The van der Waals surface area contributed by atoms with Crippen molar-refractivity contribution in [1.82, 2.24) is 0 Å². The van der Waals surface area contributed by atoms with Crippen LogP contribution in [0.1, 0.15) is 83.2 Å². The Morgan fingerprint density at radius 1 is 0.925 bits per heavy atom. The summed E-state index contributed by atoms with van der Waals surface area (Å²) < 4.78 is 13.8. The summed E-state index contributed by atoms with van der Waals surface area (Å²) in [5.74, 6) is 2.34. The van der Waals surface area contributed by atoms with Gasteiger partial charge < -0.3 is 5.11 Å². The quantitative estimate of drug-likeness (QED) is 0.367. The van der Waals surface area contributed by atoms with E-state index in [-0.39, 0.29) is 28.8 Å². The Bertz CT molecular complexity index is 1370. The standard InChI is InChI=1S/C34H39Cl2FN2O/c1-33-15-13-24(40)18-21(33)4-9-25-26-10-11-28(34(26,2)16-14-27(25)33)31-19-32(20-3-12-29(35)30(36)17-20)39(38-31)23-7-5-22(37)6-8-23/h3-8,12,17,24-28,32,40H,9-11,13-16,18-19H2,1-2H3/t24-,25-,26-,27-,28+,32?,33-,34-/m0/s1. The molecule has 2 aromatic rings. The Balaban J connectivity index is 1.20. The smallest absolute Gasteiger partial charge is 0.123 e. The Hall–Kier alpha value is -1.88. The van der Waals surface area contributed by atoms with E-state index in [1.54, 1.807) is 0 Å². The van der Waals surface area contributed by atoms with Gasteiger partial charge in [0.1, 0.15) is 5.82 Å². The number of benzene rings is 2. The molecule has 0 aromatic heterocycles. The maximum Gasteiger partial charge on any atom is 0.123 e. The van der Waals surface area contributed by atoms with Crippen molar-refractivity contribution in [3.05, 3.63) is 75.5 Å². The van der Waals surface area contributed by atoms with Crippen molar-refractivity contribution in [2.24, 2.45) is 39.6 Å². The molecule has 3 fully saturated rings. The highest BCUT2D eigenvalue weighted by Crippen LogP contribution is 2.67. The van der Waals surface area contributed by atoms with Crippen molar-refractivity contribution < 1.29 is 9.50 Å². The first-order valence-corrected chi connectivity index (χ1v) is 15.9. The molecule has 0 radical (unpaired) electrons. The molecular formula is C34H39Cl2FN2O. The average molecular weight is 582 g/mol. The van der Waals surface area contributed by atoms with Crippen LogP contribution in [0.15, 0.2) is 59.2 Å². The number of halogens is 3. The summed E-state index contributed by atoms with van der Waals surface area (Å²) in [5, 5.41) is 18.9. The largest absolute Gasteiger partial charge is 0.393 e. The van der Waals surface area contributed by atoms with Crippen LogP contribution in [-0.2, 0) is 0 Å². The monoisotopic (exact) mass is 580 g/mol. The molecule has 6 heteroatoms. The van der Waals surface area contributed by atoms with Crippen LogP contribution >= 0.6 is 23.2 Å². The highest BCUT2D eigenvalue weighted by Gasteiger charge is 2.59. The van der Waals surface area contributed by atoms with Crippen molar-refractivity contribution in [2.75, 3.05) is 5.01 Å². The molecule has 8 atom stereocenters. The summed E-state index contributed by atoms with van der Waals surface area (Å²) >= 11 is 12.7. The normalized spacial score (nSPS) is 38.8. The summed E-state index contributed by atoms with van der Waals surface area (Å²) in [4.78, 5) is 0. The Kier molecular flexibility index (Phi) is 6.64. The second-order valence-electron chi connectivity index (χ2n) is 13.6. The van der Waals surface area contributed by atoms with Gasteiger partial charge in [-0.25, -0.2) is 4.39 Å². The third kappa shape index (κ3) is 4.19. The molecule has 3 saturated carbocycles. The fourth-order valence-corrected chi connectivity index (χ4v) is 10.1. The van der Waals surface area contributed by atoms with Crippen molar-refractivity contribution in [3.63, 3.8) is 0 Å². The molecule has 1 aliphatic heterocycles. The van der Waals surface area contributed by atoms with Gasteiger partial charge in [-0.2, -0.15) is 5.10 Å². The van der Waals surface area contributed by atoms with Gasteiger partial charge in [-0.3, -0.25) is 5.01 Å². The van der Waals surface area contributed by atoms with E-state index >= 15 is 0 Å². The molecule has 0 saturated heterocycles. The molecular weight excluding hydrogens is 542 g/mol. The number of fused-ring (bicyclic) bond motifs is 5. The summed E-state index contributed by atoms with van der Waals surface area (Å²) in [6, 6.07) is 12.5. The Morgan fingerprint density at radius 3 is 2.50 bits per heavy atom. The van der Waals surface area contributed by atoms with Gasteiger partial charge in [-0.1, -0.05) is 54.8 Å². The molecule has 0 spiro atoms. The van der Waals surface area contributed by atoms with Gasteiger partial charge in [0.2, 0.25) is 0 Å². The zero-order chi connectivity index (χ0) is 27.8. The van der Waals surface area contributed by atoms with Crippen LogP contribution in [0.4, 0.5) is 10.1 Å². The molecule has 212 valence electrons. The van der Waals surface area contributed by atoms with Gasteiger partial charge in [0.15, 0.2) is 0 Å². The summed E-state index contributed by atoms with van der Waals surface area (Å²) in [7, 11) is 0. The predicted octanol–water partition coefficient (Wildman–Crippen LogP) is 9.38. The first-order valence-electron chi connectivity index (χ1n) is 15.1. The van der Waals surface area contributed by atoms with Crippen LogP contribution in [0.2, 0.25) is 10.0 Å². The molecule has 7 rings (SSSR count). The second-order valence-corrected chi connectivity index (χ2v) is 14.5. The fraction of sp³-hybridized carbons (Fsp3) is 0.559. The summed E-state index contributed by atoms with van der Waals surface area (Å²) in [6.07, 6.45) is 12.2. The number of anilines is 1. The molecule has 1 N–H and O–H groups in total. The van der Waals surface area contributed by atoms with E-state index in [0.29, 0.717) is 27.8 Å². The molecule has 40 heavy (non-hydrogen) atoms. The lowest BCUT2D eigenvalue weighted by Crippen LogP contribution is -2.51. The van der Waals surface area contributed by atoms with E-state index < -0.39 is 0 Å². The van der Waals surface area contributed by atoms with Crippen LogP contribution in [0.5, 0.6) is 0 Å². The number of hydrazone groups is 1. The third-order valence-electron chi connectivity index (χ3n) is 11.8. The topological polar surface area (TPSA) is 35.8 Å². The van der Waals surface area contributed by atoms with Crippen LogP contribution in [0.25, 0.3) is 0 Å². The van der Waals surface area contributed by atoms with Gasteiger partial charge >= 0.3 is 0 Å². The maximum absolute atomic E-state index is 13.8. The third-order valence-corrected chi connectivity index (χ3v) is 12.6. The minimum absolute atomic E-state index is 0.00182. The number of aliphatic hydroxyl groups is 1. The van der Waals surface area contributed by atoms with E-state index in [1.165, 1.54) is 49.1 Å². The minimum Gasteiger partial charge on any atom is -0.393 e. The number of hydrogen-bond donors (Lipinski definition) is 1. The van der Waals surface area contributed by atoms with Gasteiger partial charge in [-0.05, 0) is 122 Å².